The smallest absolute Gasteiger partial charge is 0.267 e. The second-order valence-corrected chi connectivity index (χ2v) is 27.1. The Morgan fingerprint density at radius 3 is 1.20 bits per heavy atom. The summed E-state index contributed by atoms with van der Waals surface area (Å²) in [5.41, 5.74) is 6.30. The Labute approximate surface area is 558 Å². The maximum absolute atomic E-state index is 17.0. The van der Waals surface area contributed by atoms with E-state index in [1.165, 1.54) is 20.0 Å². The molecule has 0 spiro atoms. The van der Waals surface area contributed by atoms with Gasteiger partial charge in [-0.05, 0) is 128 Å². The van der Waals surface area contributed by atoms with Gasteiger partial charge in [-0.1, -0.05) is 220 Å². The van der Waals surface area contributed by atoms with Crippen LogP contribution < -0.4 is 20.0 Å². The lowest BCUT2D eigenvalue weighted by molar-refractivity contribution is -0.139. The van der Waals surface area contributed by atoms with Crippen LogP contribution in [0.4, 0.5) is 22.7 Å². The second kappa shape index (κ2) is 31.4. The monoisotopic (exact) mass is 1310 g/mol. The van der Waals surface area contributed by atoms with Crippen molar-refractivity contribution in [2.75, 3.05) is 20.0 Å². The molecular weight excluding hydrogens is 1230 g/mol. The number of aryl methyl sites for hydroxylation is 4. The molecule has 6 amide bonds. The van der Waals surface area contributed by atoms with Gasteiger partial charge in [0.05, 0.1) is 45.6 Å². The Hall–Kier alpha value is -6.58. The number of nitrogens with zero attached hydrogens (tertiary/aromatic N) is 8. The summed E-state index contributed by atoms with van der Waals surface area (Å²) in [6, 6.07) is 31.6. The van der Waals surface area contributed by atoms with E-state index < -0.39 is 64.0 Å². The first-order valence-corrected chi connectivity index (χ1v) is 34.7. The molecule has 6 unspecified atom stereocenters. The van der Waals surface area contributed by atoms with Crippen molar-refractivity contribution < 1.29 is 28.8 Å². The normalized spacial score (nSPS) is 19.5. The van der Waals surface area contributed by atoms with Crippen LogP contribution >= 0.6 is 46.4 Å². The molecule has 484 valence electrons. The number of alkyl halides is 2. The molecule has 5 aromatic carbocycles. The zero-order valence-electron chi connectivity index (χ0n) is 54.0. The van der Waals surface area contributed by atoms with Crippen molar-refractivity contribution >= 4 is 116 Å². The minimum Gasteiger partial charge on any atom is -0.272 e. The number of carbonyl (C=O) groups is 6. The summed E-state index contributed by atoms with van der Waals surface area (Å²) in [6.07, 6.45) is 17.1. The predicted molar refractivity (Wildman–Crippen MR) is 369 cm³/mol. The minimum absolute atomic E-state index is 0.0702. The first kappa shape index (κ1) is 68.8. The number of benzene rings is 5. The lowest BCUT2D eigenvalue weighted by Gasteiger charge is -2.40. The van der Waals surface area contributed by atoms with Gasteiger partial charge >= 0.3 is 0 Å². The van der Waals surface area contributed by atoms with E-state index in [1.807, 2.05) is 107 Å². The fourth-order valence-electron chi connectivity index (χ4n) is 14.1. The molecule has 9 rings (SSSR count). The Kier molecular flexibility index (Phi) is 23.7. The third kappa shape index (κ3) is 14.8. The summed E-state index contributed by atoms with van der Waals surface area (Å²) in [6.45, 7) is 16.1. The van der Waals surface area contributed by atoms with Gasteiger partial charge in [-0.25, -0.2) is 10.0 Å². The van der Waals surface area contributed by atoms with E-state index >= 15 is 28.8 Å². The molecule has 4 aliphatic heterocycles. The number of amidine groups is 2. The van der Waals surface area contributed by atoms with Gasteiger partial charge in [0.2, 0.25) is 0 Å². The molecule has 2 saturated heterocycles. The second-order valence-electron chi connectivity index (χ2n) is 25.2. The van der Waals surface area contributed by atoms with Crippen LogP contribution in [0.25, 0.3) is 0 Å². The summed E-state index contributed by atoms with van der Waals surface area (Å²) in [4.78, 5) is 94.1. The maximum atomic E-state index is 17.0. The van der Waals surface area contributed by atoms with Crippen molar-refractivity contribution in [3.8, 4) is 0 Å². The first-order chi connectivity index (χ1) is 43.9. The largest absolute Gasteiger partial charge is 0.272 e. The molecule has 5 aromatic rings. The number of anilines is 4. The molecule has 4 aliphatic rings. The zero-order chi connectivity index (χ0) is 65.2. The van der Waals surface area contributed by atoms with E-state index in [0.29, 0.717) is 28.1 Å². The molecule has 0 radical (unpaired) electrons. The number of halogens is 4. The van der Waals surface area contributed by atoms with Crippen molar-refractivity contribution in [2.45, 2.75) is 212 Å². The van der Waals surface area contributed by atoms with Crippen LogP contribution in [-0.2, 0) is 28.8 Å². The summed E-state index contributed by atoms with van der Waals surface area (Å²) >= 11 is 28.4. The molecule has 0 N–H and O–H groups in total. The first-order valence-electron chi connectivity index (χ1n) is 33.1. The number of hydrazine groups is 2. The molecular formula is C73H88Cl4N8O6. The van der Waals surface area contributed by atoms with E-state index in [-0.39, 0.29) is 57.8 Å². The number of para-hydroxylation sites is 2. The van der Waals surface area contributed by atoms with Crippen LogP contribution in [0.2, 0.25) is 10.0 Å². The van der Waals surface area contributed by atoms with Crippen LogP contribution in [0.5, 0.6) is 0 Å². The quantitative estimate of drug-likeness (QED) is 0.0261. The average molecular weight is 1320 g/mol. The van der Waals surface area contributed by atoms with E-state index in [1.54, 1.807) is 24.3 Å². The van der Waals surface area contributed by atoms with Gasteiger partial charge in [0.15, 0.2) is 11.7 Å². The minimum atomic E-state index is -1.59. The van der Waals surface area contributed by atoms with Crippen LogP contribution in [0.1, 0.15) is 213 Å². The molecule has 4 heterocycles. The highest BCUT2D eigenvalue weighted by molar-refractivity contribution is 6.39. The standard InChI is InChI=1S/C73H88Cl4N8O6/c1-9-13-15-17-19-22-32-50(30-11-3)53-36-26-28-38-59(53)82(84-61(86)44-57(76)70(84)88)68-64(72(90)80(78-68)66-48(7)40-46(5)42-55(66)74)63(52-34-24-21-25-35-52)65-69(79-81(73(65)91)67-49(8)41-47(6)43-56(67)75)83(85-62(87)45-58(77)71(85)89)60-39-29-27-37-54(60)51(31-12-4)33-23-20-18-16-14-10-2/h21,24-29,34-43,50-51,57-58,63-65H,9-20,22-23,30-33,44-45H2,1-8H3. The fraction of sp³-hybridized carbons (Fsp3) is 0.479. The maximum Gasteiger partial charge on any atom is 0.267 e. The molecule has 0 aliphatic carbocycles. The van der Waals surface area contributed by atoms with Gasteiger partial charge < -0.3 is 0 Å². The molecule has 6 atom stereocenters. The molecule has 18 heteroatoms. The topological polar surface area (TPSA) is 147 Å². The van der Waals surface area contributed by atoms with Gasteiger partial charge in [0, 0.05) is 5.92 Å². The van der Waals surface area contributed by atoms with Crippen molar-refractivity contribution in [1.82, 2.24) is 10.0 Å². The van der Waals surface area contributed by atoms with Crippen molar-refractivity contribution in [2.24, 2.45) is 22.0 Å². The molecule has 0 bridgehead atoms. The summed E-state index contributed by atoms with van der Waals surface area (Å²) in [5.74, 6) is -8.88. The third-order valence-electron chi connectivity index (χ3n) is 18.3. The number of amides is 6. The number of rotatable bonds is 29. The summed E-state index contributed by atoms with van der Waals surface area (Å²) in [5, 5.41) is 16.1. The number of carbonyl (C=O) groups excluding carboxylic acids is 6. The molecule has 2 fully saturated rings. The van der Waals surface area contributed by atoms with E-state index in [4.69, 9.17) is 56.6 Å². The van der Waals surface area contributed by atoms with Crippen LogP contribution in [0, 0.1) is 39.5 Å². The van der Waals surface area contributed by atoms with E-state index in [0.717, 1.165) is 148 Å². The molecule has 14 nitrogen and oxygen atoms in total. The highest BCUT2D eigenvalue weighted by atomic mass is 35.5. The Balaban J connectivity index is 1.35. The van der Waals surface area contributed by atoms with Crippen LogP contribution in [0.3, 0.4) is 0 Å². The number of unbranched alkanes of at least 4 members (excludes halogenated alkanes) is 10. The van der Waals surface area contributed by atoms with E-state index in [9.17, 15) is 0 Å². The Morgan fingerprint density at radius 2 is 0.835 bits per heavy atom. The molecule has 0 aromatic heterocycles. The van der Waals surface area contributed by atoms with Gasteiger partial charge in [0.25, 0.3) is 35.4 Å². The van der Waals surface area contributed by atoms with Crippen molar-refractivity contribution in [3.63, 3.8) is 0 Å². The van der Waals surface area contributed by atoms with Crippen LogP contribution in [-0.4, -0.2) is 67.9 Å². The SMILES string of the molecule is CCCCCCCCC(CCC)c1ccccc1N(C1=NN(c2c(C)cc(C)cc2Cl)C(=O)C1C(c1ccccc1)C1C(=O)N(c2c(C)cc(C)cc2Cl)N=C1N(c1ccccc1C(CCC)CCCCCCCC)N1C(=O)CC(Cl)C1=O)N1C(=O)CC(Cl)C1=O. The highest BCUT2D eigenvalue weighted by Crippen LogP contribution is 2.50. The summed E-state index contributed by atoms with van der Waals surface area (Å²) in [7, 11) is 0. The predicted octanol–water partition coefficient (Wildman–Crippen LogP) is 18.1. The van der Waals surface area contributed by atoms with Gasteiger partial charge in [-0.2, -0.15) is 20.0 Å². The Bertz CT molecular complexity index is 3290. The van der Waals surface area contributed by atoms with Gasteiger partial charge in [0.1, 0.15) is 22.6 Å². The Morgan fingerprint density at radius 1 is 0.462 bits per heavy atom. The van der Waals surface area contributed by atoms with E-state index in [2.05, 4.69) is 27.7 Å². The number of hydrogen-bond acceptors (Lipinski definition) is 10. The lowest BCUT2D eigenvalue weighted by atomic mass is 9.74. The average Bonchev–Trinajstić information content (AvgIpc) is 1.59. The number of imide groups is 2. The molecule has 91 heavy (non-hydrogen) atoms. The zero-order valence-corrected chi connectivity index (χ0v) is 57.1. The van der Waals surface area contributed by atoms with Crippen molar-refractivity contribution in [3.05, 3.63) is 152 Å². The number of hydrogen-bond donors (Lipinski definition) is 0. The van der Waals surface area contributed by atoms with Gasteiger partial charge in [-0.15, -0.1) is 33.4 Å². The lowest BCUT2D eigenvalue weighted by Crippen LogP contribution is -2.57. The number of hydrazone groups is 2. The van der Waals surface area contributed by atoms with Crippen LogP contribution in [0.15, 0.2) is 113 Å². The van der Waals surface area contributed by atoms with Gasteiger partial charge in [-0.3, -0.25) is 28.8 Å². The summed E-state index contributed by atoms with van der Waals surface area (Å²) < 4.78 is 0. The highest BCUT2D eigenvalue weighted by Gasteiger charge is 2.59. The fourth-order valence-corrected chi connectivity index (χ4v) is 15.3. The third-order valence-corrected chi connectivity index (χ3v) is 19.6. The molecule has 0 saturated carbocycles. The van der Waals surface area contributed by atoms with Crippen molar-refractivity contribution in [1.29, 1.82) is 0 Å².